The first-order valence-corrected chi connectivity index (χ1v) is 6.11. The summed E-state index contributed by atoms with van der Waals surface area (Å²) in [6.07, 6.45) is 6.01. The van der Waals surface area contributed by atoms with Crippen molar-refractivity contribution >= 4 is 11.9 Å². The molecule has 0 bridgehead atoms. The molecule has 0 fully saturated rings. The number of aromatic amines is 1. The second kappa shape index (κ2) is 4.60. The van der Waals surface area contributed by atoms with Gasteiger partial charge in [-0.3, -0.25) is 10.1 Å². The average Bonchev–Trinajstić information content (AvgIpc) is 2.91. The van der Waals surface area contributed by atoms with Crippen molar-refractivity contribution in [2.75, 3.05) is 5.32 Å². The molecule has 0 aliphatic heterocycles. The van der Waals surface area contributed by atoms with E-state index in [1.165, 1.54) is 30.3 Å². The second-order valence-corrected chi connectivity index (χ2v) is 4.48. The van der Waals surface area contributed by atoms with E-state index in [0.717, 1.165) is 12.8 Å². The van der Waals surface area contributed by atoms with Crippen LogP contribution in [0, 0.1) is 0 Å². The molecule has 0 saturated carbocycles. The van der Waals surface area contributed by atoms with Crippen molar-refractivity contribution in [1.82, 2.24) is 15.2 Å². The lowest BCUT2D eigenvalue weighted by molar-refractivity contribution is 0.102. The Hall–Kier alpha value is -2.17. The first kappa shape index (κ1) is 11.0. The quantitative estimate of drug-likeness (QED) is 0.845. The summed E-state index contributed by atoms with van der Waals surface area (Å²) in [4.78, 5) is 15.9. The summed E-state index contributed by atoms with van der Waals surface area (Å²) in [6, 6.07) is 5.92. The number of H-pyrrole nitrogens is 1. The molecular weight excluding hydrogens is 228 g/mol. The third kappa shape index (κ3) is 2.11. The number of fused-ring (bicyclic) bond motifs is 1. The molecule has 1 heterocycles. The molecule has 0 radical (unpaired) electrons. The fourth-order valence-corrected chi connectivity index (χ4v) is 2.32. The molecule has 0 atom stereocenters. The first-order chi connectivity index (χ1) is 8.83. The van der Waals surface area contributed by atoms with Gasteiger partial charge in [-0.05, 0) is 48.9 Å². The molecule has 2 aromatic rings. The Morgan fingerprint density at radius 1 is 1.22 bits per heavy atom. The highest BCUT2D eigenvalue weighted by Gasteiger charge is 2.13. The van der Waals surface area contributed by atoms with Crippen LogP contribution in [0.25, 0.3) is 0 Å². The molecule has 1 aliphatic rings. The lowest BCUT2D eigenvalue weighted by Gasteiger charge is -2.16. The lowest BCUT2D eigenvalue weighted by atomic mass is 9.90. The number of aromatic nitrogens is 3. The summed E-state index contributed by atoms with van der Waals surface area (Å²) in [6.45, 7) is 0. The number of carbonyl (C=O) groups excluding carboxylic acids is 1. The number of rotatable bonds is 2. The van der Waals surface area contributed by atoms with E-state index in [1.54, 1.807) is 0 Å². The maximum absolute atomic E-state index is 12.0. The molecule has 0 unspecified atom stereocenters. The highest BCUT2D eigenvalue weighted by Crippen LogP contribution is 2.22. The van der Waals surface area contributed by atoms with E-state index in [2.05, 4.69) is 26.6 Å². The van der Waals surface area contributed by atoms with Gasteiger partial charge in [0.15, 0.2) is 0 Å². The van der Waals surface area contributed by atoms with Crippen LogP contribution in [0.15, 0.2) is 24.5 Å². The van der Waals surface area contributed by atoms with Crippen molar-refractivity contribution in [3.8, 4) is 0 Å². The van der Waals surface area contributed by atoms with Crippen molar-refractivity contribution in [3.05, 3.63) is 41.2 Å². The van der Waals surface area contributed by atoms with E-state index in [4.69, 9.17) is 0 Å². The molecule has 92 valence electrons. The van der Waals surface area contributed by atoms with Crippen molar-refractivity contribution in [1.29, 1.82) is 0 Å². The predicted molar refractivity (Wildman–Crippen MR) is 67.4 cm³/mol. The summed E-state index contributed by atoms with van der Waals surface area (Å²) in [5.41, 5.74) is 3.34. The van der Waals surface area contributed by atoms with Crippen LogP contribution in [-0.2, 0) is 12.8 Å². The molecule has 0 spiro atoms. The Kier molecular flexibility index (Phi) is 2.80. The van der Waals surface area contributed by atoms with Crippen molar-refractivity contribution in [2.45, 2.75) is 25.7 Å². The Bertz CT molecular complexity index is 562. The standard InChI is InChI=1S/C13H14N4O/c18-12(16-13-14-8-15-17-13)11-6-5-9-3-1-2-4-10(9)7-11/h5-8H,1-4H2,(H2,14,15,16,17,18). The number of nitrogens with one attached hydrogen (secondary N) is 2. The zero-order valence-corrected chi connectivity index (χ0v) is 9.94. The van der Waals surface area contributed by atoms with Gasteiger partial charge in [0.25, 0.3) is 5.91 Å². The zero-order chi connectivity index (χ0) is 12.4. The topological polar surface area (TPSA) is 70.7 Å². The minimum absolute atomic E-state index is 0.153. The Morgan fingerprint density at radius 2 is 2.06 bits per heavy atom. The van der Waals surface area contributed by atoms with E-state index < -0.39 is 0 Å². The molecule has 2 N–H and O–H groups in total. The summed E-state index contributed by atoms with van der Waals surface area (Å²) in [7, 11) is 0. The van der Waals surface area contributed by atoms with E-state index in [0.29, 0.717) is 11.5 Å². The first-order valence-electron chi connectivity index (χ1n) is 6.11. The van der Waals surface area contributed by atoms with Gasteiger partial charge in [0, 0.05) is 5.56 Å². The van der Waals surface area contributed by atoms with Gasteiger partial charge in [-0.25, -0.2) is 5.10 Å². The maximum atomic E-state index is 12.0. The molecule has 5 nitrogen and oxygen atoms in total. The molecule has 18 heavy (non-hydrogen) atoms. The lowest BCUT2D eigenvalue weighted by Crippen LogP contribution is -2.14. The number of nitrogens with zero attached hydrogens (tertiary/aromatic N) is 2. The van der Waals surface area contributed by atoms with Gasteiger partial charge in [-0.15, -0.1) is 0 Å². The molecule has 1 aliphatic carbocycles. The van der Waals surface area contributed by atoms with Gasteiger partial charge in [0.2, 0.25) is 5.95 Å². The monoisotopic (exact) mass is 242 g/mol. The largest absolute Gasteiger partial charge is 0.291 e. The predicted octanol–water partition coefficient (Wildman–Crippen LogP) is 1.94. The molecule has 1 amide bonds. The minimum Gasteiger partial charge on any atom is -0.291 e. The van der Waals surface area contributed by atoms with E-state index in [9.17, 15) is 4.79 Å². The van der Waals surface area contributed by atoms with Gasteiger partial charge >= 0.3 is 0 Å². The number of hydrogen-bond acceptors (Lipinski definition) is 3. The van der Waals surface area contributed by atoms with Crippen LogP contribution >= 0.6 is 0 Å². The number of amides is 1. The van der Waals surface area contributed by atoms with Crippen LogP contribution in [0.2, 0.25) is 0 Å². The second-order valence-electron chi connectivity index (χ2n) is 4.48. The number of carbonyl (C=O) groups is 1. The smallest absolute Gasteiger partial charge is 0.258 e. The Morgan fingerprint density at radius 3 is 2.83 bits per heavy atom. The van der Waals surface area contributed by atoms with Crippen LogP contribution in [0.5, 0.6) is 0 Å². The molecule has 1 aromatic heterocycles. The highest BCUT2D eigenvalue weighted by atomic mass is 16.1. The molecule has 1 aromatic carbocycles. The number of anilines is 1. The van der Waals surface area contributed by atoms with Gasteiger partial charge in [-0.1, -0.05) is 6.07 Å². The molecule has 3 rings (SSSR count). The van der Waals surface area contributed by atoms with Crippen LogP contribution in [0.1, 0.15) is 34.3 Å². The molecule has 0 saturated heterocycles. The number of hydrogen-bond donors (Lipinski definition) is 2. The van der Waals surface area contributed by atoms with Gasteiger partial charge in [-0.2, -0.15) is 10.1 Å². The third-order valence-electron chi connectivity index (χ3n) is 3.26. The fourth-order valence-electron chi connectivity index (χ4n) is 2.32. The Labute approximate surface area is 105 Å². The maximum Gasteiger partial charge on any atom is 0.258 e. The van der Waals surface area contributed by atoms with Crippen LogP contribution < -0.4 is 5.32 Å². The SMILES string of the molecule is O=C(Nc1ncn[nH]1)c1ccc2c(c1)CCCC2. The minimum atomic E-state index is -0.153. The summed E-state index contributed by atoms with van der Waals surface area (Å²) >= 11 is 0. The molecule has 5 heteroatoms. The van der Waals surface area contributed by atoms with E-state index in [-0.39, 0.29) is 5.91 Å². The number of benzene rings is 1. The van der Waals surface area contributed by atoms with Gasteiger partial charge in [0.05, 0.1) is 0 Å². The Balaban J connectivity index is 1.81. The van der Waals surface area contributed by atoms with E-state index >= 15 is 0 Å². The third-order valence-corrected chi connectivity index (χ3v) is 3.26. The van der Waals surface area contributed by atoms with Crippen LogP contribution in [0.4, 0.5) is 5.95 Å². The highest BCUT2D eigenvalue weighted by molar-refractivity contribution is 6.03. The molecular formula is C13H14N4O. The van der Waals surface area contributed by atoms with Gasteiger partial charge in [0.1, 0.15) is 6.33 Å². The summed E-state index contributed by atoms with van der Waals surface area (Å²) < 4.78 is 0. The van der Waals surface area contributed by atoms with Gasteiger partial charge < -0.3 is 0 Å². The summed E-state index contributed by atoms with van der Waals surface area (Å²) in [5, 5.41) is 8.97. The number of aryl methyl sites for hydroxylation is 2. The van der Waals surface area contributed by atoms with Crippen LogP contribution in [0.3, 0.4) is 0 Å². The zero-order valence-electron chi connectivity index (χ0n) is 9.94. The normalized spacial score (nSPS) is 14.0. The van der Waals surface area contributed by atoms with Crippen molar-refractivity contribution in [3.63, 3.8) is 0 Å². The fraction of sp³-hybridized carbons (Fsp3) is 0.308. The van der Waals surface area contributed by atoms with Crippen molar-refractivity contribution < 1.29 is 4.79 Å². The van der Waals surface area contributed by atoms with Crippen molar-refractivity contribution in [2.24, 2.45) is 0 Å². The van der Waals surface area contributed by atoms with Crippen LogP contribution in [-0.4, -0.2) is 21.1 Å². The summed E-state index contributed by atoms with van der Waals surface area (Å²) in [5.74, 6) is 0.220. The van der Waals surface area contributed by atoms with E-state index in [1.807, 2.05) is 12.1 Å². The average molecular weight is 242 g/mol.